The Morgan fingerprint density at radius 2 is 2.24 bits per heavy atom. The van der Waals surface area contributed by atoms with Crippen molar-refractivity contribution in [1.82, 2.24) is 9.88 Å². The molecule has 92 valence electrons. The number of hydrogen-bond donors (Lipinski definition) is 1. The van der Waals surface area contributed by atoms with Crippen molar-refractivity contribution in [3.63, 3.8) is 0 Å². The van der Waals surface area contributed by atoms with E-state index in [1.165, 1.54) is 12.8 Å². The highest BCUT2D eigenvalue weighted by molar-refractivity contribution is 5.69. The molecule has 1 N–H and O–H groups in total. The van der Waals surface area contributed by atoms with Crippen molar-refractivity contribution in [3.8, 4) is 0 Å². The minimum atomic E-state index is -0.749. The zero-order chi connectivity index (χ0) is 12.1. The second kappa shape index (κ2) is 5.77. The van der Waals surface area contributed by atoms with Crippen LogP contribution in [0.5, 0.6) is 0 Å². The largest absolute Gasteiger partial charge is 0.480 e. The maximum absolute atomic E-state index is 10.9. The van der Waals surface area contributed by atoms with Crippen molar-refractivity contribution in [2.75, 3.05) is 6.54 Å². The maximum atomic E-state index is 10.9. The fourth-order valence-corrected chi connectivity index (χ4v) is 2.48. The number of aromatic nitrogens is 1. The molecule has 0 saturated heterocycles. The lowest BCUT2D eigenvalue weighted by molar-refractivity contribution is -0.139. The average Bonchev–Trinajstić information content (AvgIpc) is 2.82. The first-order valence-electron chi connectivity index (χ1n) is 6.10. The van der Waals surface area contributed by atoms with E-state index in [1.807, 2.05) is 18.3 Å². The number of nitrogens with zero attached hydrogens (tertiary/aromatic N) is 2. The lowest BCUT2D eigenvalue weighted by Gasteiger charge is -2.26. The molecule has 0 spiro atoms. The fourth-order valence-electron chi connectivity index (χ4n) is 2.48. The smallest absolute Gasteiger partial charge is 0.317 e. The molecule has 0 aliphatic heterocycles. The Morgan fingerprint density at radius 3 is 2.82 bits per heavy atom. The Labute approximate surface area is 101 Å². The number of aliphatic carboxylic acids is 1. The molecule has 2 rings (SSSR count). The van der Waals surface area contributed by atoms with Gasteiger partial charge in [-0.15, -0.1) is 0 Å². The lowest BCUT2D eigenvalue weighted by atomic mass is 10.1. The number of carbonyl (C=O) groups is 1. The molecular formula is C13H18N2O2. The Hall–Kier alpha value is -1.42. The van der Waals surface area contributed by atoms with Gasteiger partial charge in [0.25, 0.3) is 0 Å². The van der Waals surface area contributed by atoms with E-state index >= 15 is 0 Å². The summed E-state index contributed by atoms with van der Waals surface area (Å²) in [6.07, 6.45) is 8.22. The normalized spacial score (nSPS) is 16.5. The van der Waals surface area contributed by atoms with Crippen LogP contribution in [0, 0.1) is 0 Å². The summed E-state index contributed by atoms with van der Waals surface area (Å²) in [5.74, 6) is -0.749. The van der Waals surface area contributed by atoms with E-state index in [4.69, 9.17) is 5.11 Å². The van der Waals surface area contributed by atoms with Crippen LogP contribution in [0.2, 0.25) is 0 Å². The first kappa shape index (κ1) is 12.0. The first-order valence-corrected chi connectivity index (χ1v) is 6.10. The summed E-state index contributed by atoms with van der Waals surface area (Å²) in [4.78, 5) is 17.0. The van der Waals surface area contributed by atoms with Gasteiger partial charge in [0.2, 0.25) is 0 Å². The van der Waals surface area contributed by atoms with Crippen molar-refractivity contribution in [1.29, 1.82) is 0 Å². The van der Waals surface area contributed by atoms with Gasteiger partial charge in [-0.05, 0) is 24.5 Å². The van der Waals surface area contributed by atoms with E-state index in [9.17, 15) is 4.79 Å². The second-order valence-electron chi connectivity index (χ2n) is 4.60. The van der Waals surface area contributed by atoms with Gasteiger partial charge < -0.3 is 5.11 Å². The molecule has 1 aromatic rings. The molecule has 0 amide bonds. The van der Waals surface area contributed by atoms with E-state index in [2.05, 4.69) is 9.88 Å². The minimum absolute atomic E-state index is 0.125. The van der Waals surface area contributed by atoms with Gasteiger partial charge in [0, 0.05) is 25.0 Å². The summed E-state index contributed by atoms with van der Waals surface area (Å²) in [7, 11) is 0. The van der Waals surface area contributed by atoms with E-state index < -0.39 is 5.97 Å². The molecule has 0 unspecified atom stereocenters. The Morgan fingerprint density at radius 1 is 1.47 bits per heavy atom. The predicted octanol–water partition coefficient (Wildman–Crippen LogP) is 1.91. The van der Waals surface area contributed by atoms with Crippen LogP contribution in [0.1, 0.15) is 31.2 Å². The molecule has 1 saturated carbocycles. The van der Waals surface area contributed by atoms with Crippen LogP contribution < -0.4 is 0 Å². The van der Waals surface area contributed by atoms with Crippen molar-refractivity contribution in [2.45, 2.75) is 38.3 Å². The van der Waals surface area contributed by atoms with E-state index in [1.54, 1.807) is 6.20 Å². The molecule has 0 bridgehead atoms. The molecule has 17 heavy (non-hydrogen) atoms. The second-order valence-corrected chi connectivity index (χ2v) is 4.60. The summed E-state index contributed by atoms with van der Waals surface area (Å²) in [6.45, 7) is 0.810. The molecule has 4 heteroatoms. The number of hydrogen-bond acceptors (Lipinski definition) is 3. The Bertz CT molecular complexity index is 361. The summed E-state index contributed by atoms with van der Waals surface area (Å²) in [6, 6.07) is 4.31. The minimum Gasteiger partial charge on any atom is -0.480 e. The number of rotatable bonds is 5. The van der Waals surface area contributed by atoms with Gasteiger partial charge in [-0.1, -0.05) is 18.9 Å². The predicted molar refractivity (Wildman–Crippen MR) is 64.5 cm³/mol. The molecule has 1 aliphatic rings. The molecule has 1 heterocycles. The third kappa shape index (κ3) is 3.53. The van der Waals surface area contributed by atoms with Gasteiger partial charge in [-0.3, -0.25) is 14.7 Å². The molecule has 1 aliphatic carbocycles. The molecule has 0 radical (unpaired) electrons. The molecular weight excluding hydrogens is 216 g/mol. The van der Waals surface area contributed by atoms with Crippen LogP contribution >= 0.6 is 0 Å². The number of carboxylic acids is 1. The molecule has 0 atom stereocenters. The number of carboxylic acid groups (broad SMARTS) is 1. The fraction of sp³-hybridized carbons (Fsp3) is 0.538. The first-order chi connectivity index (χ1) is 8.25. The van der Waals surface area contributed by atoms with Crippen molar-refractivity contribution in [2.24, 2.45) is 0 Å². The zero-order valence-corrected chi connectivity index (χ0v) is 9.88. The molecule has 0 aromatic carbocycles. The molecule has 4 nitrogen and oxygen atoms in total. The highest BCUT2D eigenvalue weighted by Crippen LogP contribution is 2.24. The molecule has 1 fully saturated rings. The van der Waals surface area contributed by atoms with Gasteiger partial charge in [-0.2, -0.15) is 0 Å². The Balaban J connectivity index is 2.02. The summed E-state index contributed by atoms with van der Waals surface area (Å²) >= 11 is 0. The van der Waals surface area contributed by atoms with Gasteiger partial charge in [-0.25, -0.2) is 0 Å². The highest BCUT2D eigenvalue weighted by Gasteiger charge is 2.24. The van der Waals surface area contributed by atoms with Crippen LogP contribution in [0.3, 0.4) is 0 Å². The Kier molecular flexibility index (Phi) is 4.09. The van der Waals surface area contributed by atoms with E-state index in [0.717, 1.165) is 18.4 Å². The van der Waals surface area contributed by atoms with Crippen LogP contribution in [-0.4, -0.2) is 33.5 Å². The van der Waals surface area contributed by atoms with E-state index in [-0.39, 0.29) is 6.54 Å². The van der Waals surface area contributed by atoms with Gasteiger partial charge in [0.05, 0.1) is 6.54 Å². The van der Waals surface area contributed by atoms with Gasteiger partial charge in [0.1, 0.15) is 0 Å². The third-order valence-electron chi connectivity index (χ3n) is 3.29. The quantitative estimate of drug-likeness (QED) is 0.845. The topological polar surface area (TPSA) is 53.4 Å². The van der Waals surface area contributed by atoms with Gasteiger partial charge >= 0.3 is 5.97 Å². The maximum Gasteiger partial charge on any atom is 0.317 e. The van der Waals surface area contributed by atoms with Gasteiger partial charge in [0.15, 0.2) is 0 Å². The summed E-state index contributed by atoms with van der Waals surface area (Å²) in [5, 5.41) is 8.96. The van der Waals surface area contributed by atoms with Crippen LogP contribution in [-0.2, 0) is 11.3 Å². The zero-order valence-electron chi connectivity index (χ0n) is 9.88. The van der Waals surface area contributed by atoms with Crippen LogP contribution in [0.15, 0.2) is 24.5 Å². The number of pyridine rings is 1. The summed E-state index contributed by atoms with van der Waals surface area (Å²) < 4.78 is 0. The average molecular weight is 234 g/mol. The summed E-state index contributed by atoms with van der Waals surface area (Å²) in [5.41, 5.74) is 1.08. The van der Waals surface area contributed by atoms with Crippen molar-refractivity contribution < 1.29 is 9.90 Å². The van der Waals surface area contributed by atoms with Crippen LogP contribution in [0.4, 0.5) is 0 Å². The lowest BCUT2D eigenvalue weighted by Crippen LogP contribution is -2.37. The monoisotopic (exact) mass is 234 g/mol. The molecule has 1 aromatic heterocycles. The van der Waals surface area contributed by atoms with Crippen molar-refractivity contribution in [3.05, 3.63) is 30.1 Å². The van der Waals surface area contributed by atoms with Crippen LogP contribution in [0.25, 0.3) is 0 Å². The highest BCUT2D eigenvalue weighted by atomic mass is 16.4. The third-order valence-corrected chi connectivity index (χ3v) is 3.29. The SMILES string of the molecule is O=C(O)CN(Cc1cccnc1)C1CCCC1. The van der Waals surface area contributed by atoms with Crippen molar-refractivity contribution >= 4 is 5.97 Å². The standard InChI is InChI=1S/C13H18N2O2/c16-13(17)10-15(12-5-1-2-6-12)9-11-4-3-7-14-8-11/h3-4,7-8,12H,1-2,5-6,9-10H2,(H,16,17). The van der Waals surface area contributed by atoms with E-state index in [0.29, 0.717) is 12.6 Å².